The van der Waals surface area contributed by atoms with E-state index in [0.717, 1.165) is 39.4 Å². The largest absolute Gasteiger partial charge is 0.497 e. The van der Waals surface area contributed by atoms with E-state index in [9.17, 15) is 0 Å². The summed E-state index contributed by atoms with van der Waals surface area (Å²) in [6, 6.07) is 31.8. The summed E-state index contributed by atoms with van der Waals surface area (Å²) in [4.78, 5) is 20.1. The van der Waals surface area contributed by atoms with Crippen molar-refractivity contribution in [2.24, 2.45) is 0 Å². The number of ether oxygens (including phenoxy) is 7. The molecule has 0 unspecified atom stereocenters. The van der Waals surface area contributed by atoms with Crippen LogP contribution in [-0.2, 0) is 12.8 Å². The van der Waals surface area contributed by atoms with Crippen molar-refractivity contribution in [1.29, 1.82) is 0 Å². The van der Waals surface area contributed by atoms with E-state index < -0.39 is 0 Å². The molecule has 0 radical (unpaired) electrons. The molecule has 60 heavy (non-hydrogen) atoms. The first kappa shape index (κ1) is 43.2. The molecule has 6 rings (SSSR count). The summed E-state index contributed by atoms with van der Waals surface area (Å²) in [6.45, 7) is 4.88. The van der Waals surface area contributed by atoms with Gasteiger partial charge in [-0.3, -0.25) is 10.0 Å². The fourth-order valence-corrected chi connectivity index (χ4v) is 6.91. The van der Waals surface area contributed by atoms with Gasteiger partial charge in [-0.2, -0.15) is 9.97 Å². The van der Waals surface area contributed by atoms with Gasteiger partial charge in [0.15, 0.2) is 39.8 Å². The van der Waals surface area contributed by atoms with Crippen LogP contribution in [0.4, 0.5) is 11.6 Å². The smallest absolute Gasteiger partial charge is 0.319 e. The molecule has 14 heteroatoms. The Bertz CT molecular complexity index is 2350. The highest BCUT2D eigenvalue weighted by Crippen LogP contribution is 2.36. The van der Waals surface area contributed by atoms with Crippen LogP contribution >= 0.6 is 11.8 Å². The normalized spacial score (nSPS) is 10.9. The molecular formula is C46H52N6O7S. The first-order valence-electron chi connectivity index (χ1n) is 19.4. The quantitative estimate of drug-likeness (QED) is 0.0413. The maximum absolute atomic E-state index is 6.25. The lowest BCUT2D eigenvalue weighted by molar-refractivity contribution is 0.222. The minimum Gasteiger partial charge on any atom is -0.497 e. The van der Waals surface area contributed by atoms with E-state index >= 15 is 0 Å². The molecule has 4 aromatic carbocycles. The monoisotopic (exact) mass is 832 g/mol. The van der Waals surface area contributed by atoms with Crippen molar-refractivity contribution < 1.29 is 33.2 Å². The van der Waals surface area contributed by atoms with Gasteiger partial charge in [0.2, 0.25) is 0 Å². The van der Waals surface area contributed by atoms with Crippen molar-refractivity contribution in [2.45, 2.75) is 37.9 Å². The molecule has 0 aliphatic carbocycles. The number of hydrogen-bond donors (Lipinski definition) is 0. The Morgan fingerprint density at radius 3 is 1.70 bits per heavy atom. The first-order valence-corrected chi connectivity index (χ1v) is 20.7. The second kappa shape index (κ2) is 20.5. The number of hydrogen-bond acceptors (Lipinski definition) is 14. The average molecular weight is 833 g/mol. The summed E-state index contributed by atoms with van der Waals surface area (Å²) in [5.74, 6) is 5.26. The van der Waals surface area contributed by atoms with Crippen LogP contribution in [0, 0.1) is 0 Å². The topological polar surface area (TPSA) is 123 Å². The zero-order valence-electron chi connectivity index (χ0n) is 35.6. The fraction of sp³-hybridized carbons (Fsp3) is 0.304. The van der Waals surface area contributed by atoms with E-state index in [1.807, 2.05) is 105 Å². The highest BCUT2D eigenvalue weighted by molar-refractivity contribution is 7.98. The van der Waals surface area contributed by atoms with Crippen molar-refractivity contribution in [1.82, 2.24) is 19.9 Å². The van der Waals surface area contributed by atoms with Gasteiger partial charge in [-0.05, 0) is 98.7 Å². The molecular weight excluding hydrogens is 781 g/mol. The third-order valence-electron chi connectivity index (χ3n) is 9.60. The Kier molecular flexibility index (Phi) is 14.8. The molecule has 0 spiro atoms. The summed E-state index contributed by atoms with van der Waals surface area (Å²) in [7, 11) is 9.82. The first-order chi connectivity index (χ1) is 29.2. The highest BCUT2D eigenvalue weighted by Gasteiger charge is 2.25. The highest BCUT2D eigenvalue weighted by atomic mass is 32.2. The summed E-state index contributed by atoms with van der Waals surface area (Å²) in [6.07, 6.45) is 3.03. The maximum Gasteiger partial charge on any atom is 0.319 e. The van der Waals surface area contributed by atoms with Crippen LogP contribution in [0.5, 0.6) is 40.5 Å². The van der Waals surface area contributed by atoms with Gasteiger partial charge in [-0.25, -0.2) is 9.97 Å². The lowest BCUT2D eigenvalue weighted by Gasteiger charge is -2.37. The number of nitrogens with zero attached hydrogens (tertiary/aromatic N) is 6. The minimum absolute atomic E-state index is 0.193. The molecule has 0 saturated carbocycles. The lowest BCUT2D eigenvalue weighted by Crippen LogP contribution is -2.46. The molecule has 2 heterocycles. The number of anilines is 2. The summed E-state index contributed by atoms with van der Waals surface area (Å²) < 4.78 is 39.8. The molecule has 13 nitrogen and oxygen atoms in total. The van der Waals surface area contributed by atoms with Crippen molar-refractivity contribution in [3.05, 3.63) is 108 Å². The molecule has 314 valence electrons. The number of thioether (sulfide) groups is 1. The molecule has 0 saturated heterocycles. The second-order valence-corrected chi connectivity index (χ2v) is 14.5. The minimum atomic E-state index is -0.193. The summed E-state index contributed by atoms with van der Waals surface area (Å²) in [5, 5.41) is 4.91. The number of benzene rings is 4. The van der Waals surface area contributed by atoms with E-state index in [1.165, 1.54) is 11.8 Å². The standard InChI is InChI=1S/C46H52N6O7S/c1-30(2)59-45-47-37(34-16-20-40(56-6)42(27-34)58-8)28-43(49-45)51(24-22-32-15-19-39(55-5)41(25-32)57-7)52(23-21-31-13-17-35(53-3)18-14-31)44-29-38(48-46(50-44)60-9)33-11-10-12-36(26-33)54-4/h10-20,25-30H,21-24H2,1-9H3. The molecule has 0 amide bonds. The molecule has 0 aliphatic heterocycles. The second-order valence-electron chi connectivity index (χ2n) is 13.7. The van der Waals surface area contributed by atoms with Crippen LogP contribution in [0.3, 0.4) is 0 Å². The fourth-order valence-electron chi connectivity index (χ4n) is 6.53. The molecule has 0 fully saturated rings. The van der Waals surface area contributed by atoms with Crippen LogP contribution in [0.2, 0.25) is 0 Å². The Balaban J connectivity index is 1.56. The van der Waals surface area contributed by atoms with E-state index in [4.69, 9.17) is 53.1 Å². The number of rotatable bonds is 20. The average Bonchev–Trinajstić information content (AvgIpc) is 3.29. The van der Waals surface area contributed by atoms with Crippen molar-refractivity contribution in [3.8, 4) is 63.0 Å². The van der Waals surface area contributed by atoms with Gasteiger partial charge < -0.3 is 33.2 Å². The Hall–Kier alpha value is -6.41. The zero-order chi connectivity index (χ0) is 42.6. The molecule has 0 N–H and O–H groups in total. The molecule has 2 aromatic heterocycles. The van der Waals surface area contributed by atoms with Crippen LogP contribution in [0.15, 0.2) is 102 Å². The van der Waals surface area contributed by atoms with Crippen molar-refractivity contribution >= 4 is 23.4 Å². The van der Waals surface area contributed by atoms with Crippen LogP contribution in [0.1, 0.15) is 25.0 Å². The Morgan fingerprint density at radius 2 is 1.08 bits per heavy atom. The number of aromatic nitrogens is 4. The molecule has 6 aromatic rings. The zero-order valence-corrected chi connectivity index (χ0v) is 36.4. The lowest BCUT2D eigenvalue weighted by atomic mass is 10.1. The maximum atomic E-state index is 6.25. The van der Waals surface area contributed by atoms with E-state index in [0.29, 0.717) is 71.4 Å². The van der Waals surface area contributed by atoms with Gasteiger partial charge in [0, 0.05) is 36.3 Å². The van der Waals surface area contributed by atoms with Gasteiger partial charge in [0.25, 0.3) is 0 Å². The number of hydrazine groups is 1. The van der Waals surface area contributed by atoms with Crippen molar-refractivity contribution in [2.75, 3.05) is 72.0 Å². The van der Waals surface area contributed by atoms with Gasteiger partial charge in [-0.1, -0.05) is 42.1 Å². The van der Waals surface area contributed by atoms with E-state index in [1.54, 1.807) is 42.7 Å². The number of methoxy groups -OCH3 is 6. The SMILES string of the molecule is COc1ccc(CCN(c2cc(-c3cccc(OC)c3)nc(SC)n2)N(CCc2ccc(OC)c(OC)c2)c2cc(-c3ccc(OC)c(OC)c3)nc(OC(C)C)n2)cc1. The summed E-state index contributed by atoms with van der Waals surface area (Å²) >= 11 is 1.47. The van der Waals surface area contributed by atoms with Gasteiger partial charge in [0.05, 0.1) is 60.2 Å². The molecule has 0 bridgehead atoms. The molecule has 0 atom stereocenters. The third kappa shape index (κ3) is 10.6. The van der Waals surface area contributed by atoms with Crippen molar-refractivity contribution in [3.63, 3.8) is 0 Å². The predicted molar refractivity (Wildman–Crippen MR) is 237 cm³/mol. The van der Waals surface area contributed by atoms with Crippen LogP contribution in [-0.4, -0.2) is 88.0 Å². The van der Waals surface area contributed by atoms with Gasteiger partial charge in [0.1, 0.15) is 11.5 Å². The van der Waals surface area contributed by atoms with Crippen LogP contribution in [0.25, 0.3) is 22.5 Å². The van der Waals surface area contributed by atoms with Gasteiger partial charge in [-0.15, -0.1) is 0 Å². The van der Waals surface area contributed by atoms with Gasteiger partial charge >= 0.3 is 6.01 Å². The summed E-state index contributed by atoms with van der Waals surface area (Å²) in [5.41, 5.74) is 5.21. The van der Waals surface area contributed by atoms with E-state index in [2.05, 4.69) is 22.2 Å². The Labute approximate surface area is 356 Å². The Morgan fingerprint density at radius 1 is 0.517 bits per heavy atom. The third-order valence-corrected chi connectivity index (χ3v) is 10.2. The molecule has 0 aliphatic rings. The van der Waals surface area contributed by atoms with Crippen LogP contribution < -0.4 is 43.2 Å². The van der Waals surface area contributed by atoms with E-state index in [-0.39, 0.29) is 12.1 Å². The predicted octanol–water partition coefficient (Wildman–Crippen LogP) is 8.87.